The third kappa shape index (κ3) is 4.57. The lowest BCUT2D eigenvalue weighted by Gasteiger charge is -2.06. The van der Waals surface area contributed by atoms with Crippen molar-refractivity contribution >= 4 is 45.2 Å². The Kier molecular flexibility index (Phi) is 6.19. The summed E-state index contributed by atoms with van der Waals surface area (Å²) in [4.78, 5) is 0.602. The second kappa shape index (κ2) is 8.85. The molecule has 1 aromatic heterocycles. The number of sulfone groups is 1. The minimum absolute atomic E-state index is 0.295. The van der Waals surface area contributed by atoms with Crippen molar-refractivity contribution in [2.75, 3.05) is 0 Å². The molecular weight excluding hydrogens is 453 g/mol. The summed E-state index contributed by atoms with van der Waals surface area (Å²) in [6.45, 7) is 1.93. The fraction of sp³-hybridized carbons (Fsp3) is 0.0909. The van der Waals surface area contributed by atoms with Crippen molar-refractivity contribution in [2.24, 2.45) is 0 Å². The Morgan fingerprint density at radius 2 is 1.53 bits per heavy atom. The van der Waals surface area contributed by atoms with Gasteiger partial charge in [-0.25, -0.2) is 13.1 Å². The van der Waals surface area contributed by atoms with Gasteiger partial charge in [0.1, 0.15) is 0 Å². The smallest absolute Gasteiger partial charge is 0.206 e. The first-order valence-electron chi connectivity index (χ1n) is 9.12. The van der Waals surface area contributed by atoms with E-state index in [0.717, 1.165) is 21.2 Å². The molecule has 0 saturated heterocycles. The number of para-hydroxylation sites is 1. The third-order valence-corrected chi connectivity index (χ3v) is 8.68. The highest BCUT2D eigenvalue weighted by molar-refractivity contribution is 8.00. The van der Waals surface area contributed by atoms with E-state index < -0.39 is 9.84 Å². The number of benzene rings is 3. The number of rotatable bonds is 6. The van der Waals surface area contributed by atoms with E-state index >= 15 is 0 Å². The largest absolute Gasteiger partial charge is 0.219 e. The summed E-state index contributed by atoms with van der Waals surface area (Å²) < 4.78 is 28.9. The molecule has 0 N–H and O–H groups in total. The Morgan fingerprint density at radius 1 is 0.933 bits per heavy atom. The highest BCUT2D eigenvalue weighted by atomic mass is 32.2. The number of aromatic nitrogens is 2. The molecule has 0 atom stereocenters. The predicted octanol–water partition coefficient (Wildman–Crippen LogP) is 6.10. The van der Waals surface area contributed by atoms with Gasteiger partial charge in [0.25, 0.3) is 0 Å². The Morgan fingerprint density at radius 3 is 2.17 bits per heavy atom. The van der Waals surface area contributed by atoms with Gasteiger partial charge in [-0.1, -0.05) is 71.1 Å². The molecule has 1 heterocycles. The summed E-state index contributed by atoms with van der Waals surface area (Å²) >= 11 is 8.49. The van der Waals surface area contributed by atoms with Gasteiger partial charge in [0.05, 0.1) is 15.5 Å². The van der Waals surface area contributed by atoms with Gasteiger partial charge in [0.15, 0.2) is 8.29 Å². The Bertz CT molecular complexity index is 1310. The van der Waals surface area contributed by atoms with Gasteiger partial charge in [-0.05, 0) is 61.1 Å². The van der Waals surface area contributed by atoms with Crippen molar-refractivity contribution in [3.8, 4) is 5.69 Å². The van der Waals surface area contributed by atoms with Crippen LogP contribution in [0.3, 0.4) is 0 Å². The molecule has 4 rings (SSSR count). The molecule has 0 fully saturated rings. The van der Waals surface area contributed by atoms with Gasteiger partial charge < -0.3 is 0 Å². The predicted molar refractivity (Wildman–Crippen MR) is 125 cm³/mol. The van der Waals surface area contributed by atoms with Crippen molar-refractivity contribution in [1.29, 1.82) is 0 Å². The molecular formula is C22H18N2O2S4. The third-order valence-electron chi connectivity index (χ3n) is 4.46. The highest BCUT2D eigenvalue weighted by Gasteiger charge is 2.17. The van der Waals surface area contributed by atoms with E-state index in [1.165, 1.54) is 11.3 Å². The van der Waals surface area contributed by atoms with Crippen LogP contribution in [0.1, 0.15) is 11.1 Å². The zero-order valence-corrected chi connectivity index (χ0v) is 19.3. The molecule has 8 heteroatoms. The van der Waals surface area contributed by atoms with Gasteiger partial charge in [-0.3, -0.25) is 0 Å². The zero-order chi connectivity index (χ0) is 21.1. The molecule has 0 aliphatic heterocycles. The summed E-state index contributed by atoms with van der Waals surface area (Å²) in [6.07, 6.45) is 0. The molecule has 3 aromatic carbocycles. The quantitative estimate of drug-likeness (QED) is 0.252. The van der Waals surface area contributed by atoms with Crippen molar-refractivity contribution in [3.63, 3.8) is 0 Å². The van der Waals surface area contributed by atoms with E-state index in [9.17, 15) is 8.42 Å². The molecule has 0 amide bonds. The normalized spacial score (nSPS) is 11.5. The van der Waals surface area contributed by atoms with Crippen LogP contribution >= 0.6 is 35.3 Å². The van der Waals surface area contributed by atoms with E-state index in [4.69, 9.17) is 12.2 Å². The molecule has 4 aromatic rings. The van der Waals surface area contributed by atoms with Crippen LogP contribution in [0.2, 0.25) is 0 Å². The van der Waals surface area contributed by atoms with Gasteiger partial charge in [-0.15, -0.1) is 5.10 Å². The van der Waals surface area contributed by atoms with Gasteiger partial charge >= 0.3 is 0 Å². The average Bonchev–Trinajstić information content (AvgIpc) is 3.14. The summed E-state index contributed by atoms with van der Waals surface area (Å²) in [5, 5.41) is 4.60. The number of hydrogen-bond acceptors (Lipinski definition) is 6. The lowest BCUT2D eigenvalue weighted by Crippen LogP contribution is -2.02. The maximum Gasteiger partial charge on any atom is 0.206 e. The lowest BCUT2D eigenvalue weighted by molar-refractivity contribution is 0.596. The second-order valence-corrected chi connectivity index (χ2v) is 11.4. The van der Waals surface area contributed by atoms with Gasteiger partial charge in [0.2, 0.25) is 9.84 Å². The van der Waals surface area contributed by atoms with Crippen LogP contribution in [0, 0.1) is 10.9 Å². The Hall–Kier alpha value is -2.26. The standard InChI is InChI=1S/C22H18N2O2S4/c1-16-7-11-19(12-8-16)30(25,26)20-13-9-17(10-14-20)15-28-21-23-24(22(27)29-21)18-5-3-2-4-6-18/h2-14H,15H2,1H3. The maximum absolute atomic E-state index is 12.8. The molecule has 4 nitrogen and oxygen atoms in total. The molecule has 0 spiro atoms. The van der Waals surface area contributed by atoms with Crippen LogP contribution < -0.4 is 0 Å². The number of aryl methyl sites for hydroxylation is 1. The second-order valence-electron chi connectivity index (χ2n) is 6.63. The molecule has 0 radical (unpaired) electrons. The highest BCUT2D eigenvalue weighted by Crippen LogP contribution is 2.28. The SMILES string of the molecule is Cc1ccc(S(=O)(=O)c2ccc(CSc3nn(-c4ccccc4)c(=S)s3)cc2)cc1. The molecule has 152 valence electrons. The van der Waals surface area contributed by atoms with Crippen LogP contribution in [0.25, 0.3) is 5.69 Å². The summed E-state index contributed by atoms with van der Waals surface area (Å²) in [5.74, 6) is 0.682. The van der Waals surface area contributed by atoms with E-state index in [2.05, 4.69) is 5.10 Å². The Balaban J connectivity index is 1.47. The lowest BCUT2D eigenvalue weighted by atomic mass is 10.2. The molecule has 0 aliphatic carbocycles. The minimum Gasteiger partial charge on any atom is -0.219 e. The van der Waals surface area contributed by atoms with Crippen LogP contribution in [0.4, 0.5) is 0 Å². The van der Waals surface area contributed by atoms with Crippen molar-refractivity contribution < 1.29 is 8.42 Å². The monoisotopic (exact) mass is 470 g/mol. The Labute approximate surface area is 189 Å². The van der Waals surface area contributed by atoms with E-state index in [1.54, 1.807) is 52.8 Å². The first-order valence-corrected chi connectivity index (χ1v) is 12.8. The topological polar surface area (TPSA) is 52.0 Å². The molecule has 0 unspecified atom stereocenters. The number of thioether (sulfide) groups is 1. The van der Waals surface area contributed by atoms with Crippen LogP contribution in [-0.2, 0) is 15.6 Å². The summed E-state index contributed by atoms with van der Waals surface area (Å²) in [7, 11) is -3.51. The van der Waals surface area contributed by atoms with Crippen LogP contribution in [0.5, 0.6) is 0 Å². The average molecular weight is 471 g/mol. The van der Waals surface area contributed by atoms with E-state index in [-0.39, 0.29) is 0 Å². The summed E-state index contributed by atoms with van der Waals surface area (Å²) in [6, 6.07) is 23.7. The van der Waals surface area contributed by atoms with Crippen molar-refractivity contribution in [1.82, 2.24) is 9.78 Å². The van der Waals surface area contributed by atoms with Gasteiger partial charge in [0, 0.05) is 5.75 Å². The van der Waals surface area contributed by atoms with Crippen molar-refractivity contribution in [3.05, 3.63) is 93.9 Å². The summed E-state index contributed by atoms with van der Waals surface area (Å²) in [5.41, 5.74) is 2.99. The van der Waals surface area contributed by atoms with Crippen molar-refractivity contribution in [2.45, 2.75) is 26.8 Å². The van der Waals surface area contributed by atoms with Crippen LogP contribution in [-0.4, -0.2) is 18.2 Å². The fourth-order valence-electron chi connectivity index (χ4n) is 2.81. The minimum atomic E-state index is -3.51. The fourth-order valence-corrected chi connectivity index (χ4v) is 6.39. The van der Waals surface area contributed by atoms with E-state index in [0.29, 0.717) is 19.5 Å². The van der Waals surface area contributed by atoms with Crippen LogP contribution in [0.15, 0.2) is 93.0 Å². The maximum atomic E-state index is 12.8. The molecule has 0 saturated carbocycles. The molecule has 0 aliphatic rings. The molecule has 30 heavy (non-hydrogen) atoms. The number of hydrogen-bond donors (Lipinski definition) is 0. The first-order chi connectivity index (χ1) is 14.4. The first kappa shape index (κ1) is 21.0. The molecule has 0 bridgehead atoms. The van der Waals surface area contributed by atoms with E-state index in [1.807, 2.05) is 49.4 Å². The number of nitrogens with zero attached hydrogens (tertiary/aromatic N) is 2. The zero-order valence-electron chi connectivity index (χ0n) is 16.1. The van der Waals surface area contributed by atoms with Gasteiger partial charge in [-0.2, -0.15) is 0 Å².